The number of anilines is 1. The fourth-order valence-electron chi connectivity index (χ4n) is 2.22. The molecule has 3 N–H and O–H groups in total. The van der Waals surface area contributed by atoms with Crippen LogP contribution < -0.4 is 11.2 Å². The third-order valence-corrected chi connectivity index (χ3v) is 4.63. The first kappa shape index (κ1) is 18.4. The van der Waals surface area contributed by atoms with Crippen LogP contribution in [0.15, 0.2) is 44.0 Å². The Balaban J connectivity index is 1.60. The van der Waals surface area contributed by atoms with Gasteiger partial charge < -0.3 is 14.7 Å². The molecule has 15 heteroatoms. The summed E-state index contributed by atoms with van der Waals surface area (Å²) in [5.74, 6) is 0.277. The van der Waals surface area contributed by atoms with Crippen molar-refractivity contribution in [2.45, 2.75) is 10.9 Å². The molecule has 0 atom stereocenters. The van der Waals surface area contributed by atoms with Gasteiger partial charge >= 0.3 is 0 Å². The first-order valence-corrected chi connectivity index (χ1v) is 8.98. The van der Waals surface area contributed by atoms with E-state index in [1.54, 1.807) is 30.1 Å². The minimum absolute atomic E-state index is 0.00241. The van der Waals surface area contributed by atoms with E-state index in [0.717, 1.165) is 0 Å². The molecule has 0 aliphatic rings. The predicted molar refractivity (Wildman–Crippen MR) is 98.0 cm³/mol. The summed E-state index contributed by atoms with van der Waals surface area (Å²) in [5, 5.41) is 27.4. The Kier molecular flexibility index (Phi) is 5.02. The van der Waals surface area contributed by atoms with Crippen LogP contribution in [0.5, 0.6) is 0 Å². The summed E-state index contributed by atoms with van der Waals surface area (Å²) >= 11 is 1.32. The Morgan fingerprint density at radius 3 is 3.00 bits per heavy atom. The second-order valence-electron chi connectivity index (χ2n) is 5.50. The minimum Gasteiger partial charge on any atom is -0.463 e. The highest BCUT2D eigenvalue weighted by Crippen LogP contribution is 2.24. The van der Waals surface area contributed by atoms with E-state index in [1.165, 1.54) is 28.9 Å². The first-order chi connectivity index (χ1) is 14.1. The van der Waals surface area contributed by atoms with Crippen molar-refractivity contribution in [3.05, 3.63) is 41.9 Å². The lowest BCUT2D eigenvalue weighted by atomic mass is 10.3. The van der Waals surface area contributed by atoms with Crippen LogP contribution in [-0.2, 0) is 12.8 Å². The second kappa shape index (κ2) is 7.93. The number of aryl methyl sites for hydroxylation is 1. The summed E-state index contributed by atoms with van der Waals surface area (Å²) in [7, 11) is 1.80. The molecule has 0 spiro atoms. The number of carbonyl (C=O) groups excluding carboxylic acids is 1. The van der Waals surface area contributed by atoms with Crippen LogP contribution >= 0.6 is 11.8 Å². The highest BCUT2D eigenvalue weighted by Gasteiger charge is 2.24. The van der Waals surface area contributed by atoms with Crippen molar-refractivity contribution < 1.29 is 13.8 Å². The normalized spacial score (nSPS) is 11.3. The van der Waals surface area contributed by atoms with Gasteiger partial charge in [-0.25, -0.2) is 10.1 Å². The van der Waals surface area contributed by atoms with Crippen LogP contribution in [0.3, 0.4) is 0 Å². The van der Waals surface area contributed by atoms with Crippen LogP contribution in [-0.4, -0.2) is 52.2 Å². The van der Waals surface area contributed by atoms with Crippen molar-refractivity contribution >= 4 is 29.7 Å². The van der Waals surface area contributed by atoms with Crippen LogP contribution in [0, 0.1) is 0 Å². The van der Waals surface area contributed by atoms with Gasteiger partial charge in [0.05, 0.1) is 18.2 Å². The standard InChI is InChI=1S/C14H13N11O3S/c1-24-7-17-20-14(24)29-6-9-10(13(26)19-16-5-8-3-2-4-27-8)18-23-25(9)12-11(15)21-28-22-12/h2-5,7H,6H2,1H3,(H2,15,21)(H,19,26)/b16-5-. The fourth-order valence-corrected chi connectivity index (χ4v) is 3.10. The van der Waals surface area contributed by atoms with Crippen LogP contribution in [0.4, 0.5) is 5.82 Å². The van der Waals surface area contributed by atoms with E-state index >= 15 is 0 Å². The number of nitrogens with two attached hydrogens (primary N) is 1. The van der Waals surface area contributed by atoms with E-state index < -0.39 is 5.91 Å². The molecular formula is C14H13N11O3S. The molecule has 0 aliphatic heterocycles. The van der Waals surface area contributed by atoms with Gasteiger partial charge in [0.2, 0.25) is 11.6 Å². The SMILES string of the molecule is Cn1cnnc1SCc1c(C(=O)N/N=C\c2ccco2)nnn1-c1nonc1N. The topological polar surface area (TPSA) is 181 Å². The number of furan rings is 1. The third-order valence-electron chi connectivity index (χ3n) is 3.58. The van der Waals surface area contributed by atoms with Crippen LogP contribution in [0.2, 0.25) is 0 Å². The molecule has 4 aromatic heterocycles. The molecule has 4 rings (SSSR count). The predicted octanol–water partition coefficient (Wildman–Crippen LogP) is 0.0102. The van der Waals surface area contributed by atoms with E-state index in [2.05, 4.69) is 46.0 Å². The van der Waals surface area contributed by atoms with Crippen molar-refractivity contribution in [2.75, 3.05) is 5.73 Å². The molecule has 0 aliphatic carbocycles. The molecule has 0 aromatic carbocycles. The van der Waals surface area contributed by atoms with Gasteiger partial charge in [0.1, 0.15) is 12.1 Å². The number of amides is 1. The molecule has 4 aromatic rings. The number of nitrogen functional groups attached to an aromatic ring is 1. The lowest BCUT2D eigenvalue weighted by Gasteiger charge is -2.05. The zero-order valence-electron chi connectivity index (χ0n) is 14.8. The molecule has 1 amide bonds. The Bertz CT molecular complexity index is 1140. The summed E-state index contributed by atoms with van der Waals surface area (Å²) < 4.78 is 12.7. The molecule has 0 unspecified atom stereocenters. The van der Waals surface area contributed by atoms with Gasteiger partial charge in [-0.1, -0.05) is 17.0 Å². The highest BCUT2D eigenvalue weighted by atomic mass is 32.2. The molecule has 0 saturated carbocycles. The van der Waals surface area contributed by atoms with Gasteiger partial charge in [-0.05, 0) is 22.4 Å². The molecule has 148 valence electrons. The number of rotatable bonds is 7. The monoisotopic (exact) mass is 415 g/mol. The quantitative estimate of drug-likeness (QED) is 0.236. The number of thioether (sulfide) groups is 1. The van der Waals surface area contributed by atoms with Gasteiger partial charge in [0.15, 0.2) is 10.9 Å². The molecule has 29 heavy (non-hydrogen) atoms. The fraction of sp³-hybridized carbons (Fsp3) is 0.143. The minimum atomic E-state index is -0.581. The van der Waals surface area contributed by atoms with Gasteiger partial charge in [0, 0.05) is 12.8 Å². The largest absolute Gasteiger partial charge is 0.463 e. The molecule has 0 saturated heterocycles. The number of nitrogens with zero attached hydrogens (tertiary/aromatic N) is 9. The lowest BCUT2D eigenvalue weighted by Crippen LogP contribution is -2.20. The lowest BCUT2D eigenvalue weighted by molar-refractivity contribution is 0.0949. The first-order valence-electron chi connectivity index (χ1n) is 8.00. The smallest absolute Gasteiger partial charge is 0.293 e. The molecular weight excluding hydrogens is 402 g/mol. The number of hydrogen-bond acceptors (Lipinski definition) is 12. The maximum Gasteiger partial charge on any atom is 0.293 e. The van der Waals surface area contributed by atoms with Gasteiger partial charge in [0.25, 0.3) is 5.91 Å². The number of hydrogen-bond donors (Lipinski definition) is 2. The highest BCUT2D eigenvalue weighted by molar-refractivity contribution is 7.98. The molecule has 0 radical (unpaired) electrons. The van der Waals surface area contributed by atoms with Crippen LogP contribution in [0.1, 0.15) is 21.9 Å². The van der Waals surface area contributed by atoms with Crippen molar-refractivity contribution in [2.24, 2.45) is 12.1 Å². The summed E-state index contributed by atoms with van der Waals surface area (Å²) in [4.78, 5) is 12.6. The number of nitrogens with one attached hydrogen (secondary N) is 1. The second-order valence-corrected chi connectivity index (χ2v) is 6.44. The summed E-state index contributed by atoms with van der Waals surface area (Å²) in [6.45, 7) is 0. The Hall–Kier alpha value is -4.01. The van der Waals surface area contributed by atoms with Crippen molar-refractivity contribution in [3.63, 3.8) is 0 Å². The molecule has 0 bridgehead atoms. The molecule has 0 fully saturated rings. The van der Waals surface area contributed by atoms with E-state index in [-0.39, 0.29) is 23.1 Å². The molecule has 4 heterocycles. The van der Waals surface area contributed by atoms with Gasteiger partial charge in [-0.3, -0.25) is 4.79 Å². The van der Waals surface area contributed by atoms with Crippen molar-refractivity contribution in [1.29, 1.82) is 0 Å². The van der Waals surface area contributed by atoms with E-state index in [9.17, 15) is 4.79 Å². The summed E-state index contributed by atoms with van der Waals surface area (Å²) in [5.41, 5.74) is 8.55. The number of aromatic nitrogens is 8. The van der Waals surface area contributed by atoms with E-state index in [1.807, 2.05) is 0 Å². The van der Waals surface area contributed by atoms with Gasteiger partial charge in [-0.15, -0.1) is 15.3 Å². The zero-order valence-corrected chi connectivity index (χ0v) is 15.6. The molecule has 14 nitrogen and oxygen atoms in total. The van der Waals surface area contributed by atoms with Crippen molar-refractivity contribution in [3.8, 4) is 5.82 Å². The van der Waals surface area contributed by atoms with E-state index in [4.69, 9.17) is 10.2 Å². The zero-order chi connectivity index (χ0) is 20.2. The average molecular weight is 415 g/mol. The van der Waals surface area contributed by atoms with Crippen molar-refractivity contribution in [1.82, 2.24) is 45.5 Å². The number of hydrazone groups is 1. The summed E-state index contributed by atoms with van der Waals surface area (Å²) in [6, 6.07) is 3.39. The average Bonchev–Trinajstić information content (AvgIpc) is 3.48. The van der Waals surface area contributed by atoms with Crippen LogP contribution in [0.25, 0.3) is 5.82 Å². The van der Waals surface area contributed by atoms with Gasteiger partial charge in [-0.2, -0.15) is 9.78 Å². The van der Waals surface area contributed by atoms with E-state index in [0.29, 0.717) is 16.6 Å². The Morgan fingerprint density at radius 2 is 2.31 bits per heavy atom. The maximum atomic E-state index is 12.6. The number of carbonyl (C=O) groups is 1. The Morgan fingerprint density at radius 1 is 1.41 bits per heavy atom. The Labute approximate surface area is 166 Å². The maximum absolute atomic E-state index is 12.6. The summed E-state index contributed by atoms with van der Waals surface area (Å²) in [6.07, 6.45) is 4.41. The third kappa shape index (κ3) is 3.84.